The first-order valence-corrected chi connectivity index (χ1v) is 11.7. The lowest BCUT2D eigenvalue weighted by Gasteiger charge is -2.39. The van der Waals surface area contributed by atoms with Crippen LogP contribution in [0.25, 0.3) is 16.9 Å². The highest BCUT2D eigenvalue weighted by molar-refractivity contribution is 5.93. The molecular formula is C25H27F4N5O2. The SMILES string of the molecule is CC(C)c1cc(-c2ccc(F)cc2)nn2cc(C(=O)N3CCN(C(=O)CCC(F)(F)F)C(C)C3)nc12. The first-order valence-electron chi connectivity index (χ1n) is 11.7. The summed E-state index contributed by atoms with van der Waals surface area (Å²) < 4.78 is 52.4. The first-order chi connectivity index (χ1) is 16.9. The van der Waals surface area contributed by atoms with Gasteiger partial charge in [0.25, 0.3) is 5.91 Å². The van der Waals surface area contributed by atoms with Crippen LogP contribution in [0.4, 0.5) is 17.6 Å². The second kappa shape index (κ2) is 9.87. The van der Waals surface area contributed by atoms with Gasteiger partial charge < -0.3 is 9.80 Å². The normalized spacial score (nSPS) is 16.7. The maximum absolute atomic E-state index is 13.4. The van der Waals surface area contributed by atoms with Gasteiger partial charge in [-0.05, 0) is 43.2 Å². The molecule has 0 saturated carbocycles. The van der Waals surface area contributed by atoms with E-state index < -0.39 is 31.0 Å². The Morgan fingerprint density at radius 1 is 1.14 bits per heavy atom. The van der Waals surface area contributed by atoms with Crippen LogP contribution in [0.5, 0.6) is 0 Å². The number of rotatable bonds is 5. The van der Waals surface area contributed by atoms with Crippen LogP contribution in [0.15, 0.2) is 36.5 Å². The van der Waals surface area contributed by atoms with Crippen molar-refractivity contribution in [2.45, 2.75) is 51.7 Å². The van der Waals surface area contributed by atoms with Gasteiger partial charge in [0.05, 0.1) is 18.3 Å². The molecule has 1 saturated heterocycles. The Balaban J connectivity index is 1.54. The van der Waals surface area contributed by atoms with Gasteiger partial charge in [0, 0.05) is 43.2 Å². The third kappa shape index (κ3) is 5.50. The Kier molecular flexibility index (Phi) is 7.01. The number of imidazole rings is 1. The zero-order chi connectivity index (χ0) is 26.2. The summed E-state index contributed by atoms with van der Waals surface area (Å²) in [5, 5.41) is 4.57. The van der Waals surface area contributed by atoms with E-state index in [1.54, 1.807) is 34.7 Å². The van der Waals surface area contributed by atoms with Crippen molar-refractivity contribution in [1.29, 1.82) is 0 Å². The molecule has 1 aliphatic rings. The minimum absolute atomic E-state index is 0.0753. The van der Waals surface area contributed by atoms with E-state index in [1.807, 2.05) is 19.9 Å². The van der Waals surface area contributed by atoms with Crippen molar-refractivity contribution >= 4 is 17.5 Å². The van der Waals surface area contributed by atoms with E-state index in [2.05, 4.69) is 10.1 Å². The van der Waals surface area contributed by atoms with Crippen LogP contribution in [0.1, 0.15) is 55.6 Å². The predicted molar refractivity (Wildman–Crippen MR) is 125 cm³/mol. The highest BCUT2D eigenvalue weighted by Gasteiger charge is 2.34. The Bertz CT molecular complexity index is 1270. The fourth-order valence-corrected chi connectivity index (χ4v) is 4.36. The fourth-order valence-electron chi connectivity index (χ4n) is 4.36. The van der Waals surface area contributed by atoms with Crippen molar-refractivity contribution in [2.75, 3.05) is 19.6 Å². The summed E-state index contributed by atoms with van der Waals surface area (Å²) in [6, 6.07) is 7.43. The van der Waals surface area contributed by atoms with E-state index in [9.17, 15) is 27.2 Å². The summed E-state index contributed by atoms with van der Waals surface area (Å²) in [6.07, 6.45) is -4.61. The second-order valence-electron chi connectivity index (χ2n) is 9.34. The predicted octanol–water partition coefficient (Wildman–Crippen LogP) is 4.67. The molecule has 1 aromatic carbocycles. The molecule has 0 bridgehead atoms. The molecule has 0 spiro atoms. The van der Waals surface area contributed by atoms with Crippen LogP contribution in [0.2, 0.25) is 0 Å². The molecule has 3 heterocycles. The van der Waals surface area contributed by atoms with E-state index in [-0.39, 0.29) is 43.0 Å². The molecule has 3 aromatic rings. The molecule has 0 aliphatic carbocycles. The van der Waals surface area contributed by atoms with Gasteiger partial charge in [-0.25, -0.2) is 13.9 Å². The lowest BCUT2D eigenvalue weighted by Crippen LogP contribution is -2.55. The number of hydrogen-bond donors (Lipinski definition) is 0. The third-order valence-corrected chi connectivity index (χ3v) is 6.29. The second-order valence-corrected chi connectivity index (χ2v) is 9.34. The van der Waals surface area contributed by atoms with Crippen molar-refractivity contribution in [3.63, 3.8) is 0 Å². The lowest BCUT2D eigenvalue weighted by molar-refractivity contribution is -0.151. The number of alkyl halides is 3. The number of aromatic nitrogens is 3. The molecule has 192 valence electrons. The van der Waals surface area contributed by atoms with Crippen molar-refractivity contribution < 1.29 is 27.2 Å². The Morgan fingerprint density at radius 3 is 2.44 bits per heavy atom. The summed E-state index contributed by atoms with van der Waals surface area (Å²) in [5.74, 6) is -1.19. The molecule has 11 heteroatoms. The number of nitrogens with zero attached hydrogens (tertiary/aromatic N) is 5. The number of fused-ring (bicyclic) bond motifs is 1. The third-order valence-electron chi connectivity index (χ3n) is 6.29. The molecule has 1 aliphatic heterocycles. The highest BCUT2D eigenvalue weighted by Crippen LogP contribution is 2.27. The maximum atomic E-state index is 13.4. The van der Waals surface area contributed by atoms with Gasteiger partial charge in [0.1, 0.15) is 11.5 Å². The fraction of sp³-hybridized carbons (Fsp3) is 0.440. The summed E-state index contributed by atoms with van der Waals surface area (Å²) in [4.78, 5) is 33.0. The number of carbonyl (C=O) groups excluding carboxylic acids is 2. The average Bonchev–Trinajstić information content (AvgIpc) is 3.25. The maximum Gasteiger partial charge on any atom is 0.389 e. The monoisotopic (exact) mass is 505 g/mol. The van der Waals surface area contributed by atoms with Crippen LogP contribution >= 0.6 is 0 Å². The average molecular weight is 506 g/mol. The van der Waals surface area contributed by atoms with Gasteiger partial charge >= 0.3 is 6.18 Å². The van der Waals surface area contributed by atoms with E-state index in [4.69, 9.17) is 0 Å². The first kappa shape index (κ1) is 25.6. The van der Waals surface area contributed by atoms with Gasteiger partial charge in [0.15, 0.2) is 5.65 Å². The number of amides is 2. The van der Waals surface area contributed by atoms with Crippen LogP contribution in [0.3, 0.4) is 0 Å². The van der Waals surface area contributed by atoms with E-state index in [1.165, 1.54) is 17.0 Å². The lowest BCUT2D eigenvalue weighted by atomic mass is 10.0. The smallest absolute Gasteiger partial charge is 0.336 e. The number of carbonyl (C=O) groups is 2. The summed E-state index contributed by atoms with van der Waals surface area (Å²) in [7, 11) is 0. The molecular weight excluding hydrogens is 478 g/mol. The minimum atomic E-state index is -4.39. The Morgan fingerprint density at radius 2 is 1.83 bits per heavy atom. The Labute approximate surface area is 205 Å². The number of piperazine rings is 1. The molecule has 2 amide bonds. The number of benzene rings is 1. The van der Waals surface area contributed by atoms with E-state index >= 15 is 0 Å². The summed E-state index contributed by atoms with van der Waals surface area (Å²) >= 11 is 0. The zero-order valence-corrected chi connectivity index (χ0v) is 20.2. The minimum Gasteiger partial charge on any atom is -0.336 e. The van der Waals surface area contributed by atoms with Crippen molar-refractivity contribution in [3.05, 3.63) is 53.6 Å². The molecule has 0 N–H and O–H groups in total. The van der Waals surface area contributed by atoms with E-state index in [0.717, 1.165) is 11.1 Å². The molecule has 4 rings (SSSR count). The van der Waals surface area contributed by atoms with Gasteiger partial charge in [-0.3, -0.25) is 9.59 Å². The topological polar surface area (TPSA) is 70.8 Å². The largest absolute Gasteiger partial charge is 0.389 e. The molecule has 1 unspecified atom stereocenters. The van der Waals surface area contributed by atoms with Crippen molar-refractivity contribution in [3.8, 4) is 11.3 Å². The molecule has 36 heavy (non-hydrogen) atoms. The van der Waals surface area contributed by atoms with Crippen LogP contribution < -0.4 is 0 Å². The molecule has 7 nitrogen and oxygen atoms in total. The quantitative estimate of drug-likeness (QED) is 0.473. The van der Waals surface area contributed by atoms with Crippen LogP contribution in [-0.2, 0) is 4.79 Å². The summed E-state index contributed by atoms with van der Waals surface area (Å²) in [5.41, 5.74) is 2.93. The molecule has 1 fully saturated rings. The Hall–Kier alpha value is -3.50. The summed E-state index contributed by atoms with van der Waals surface area (Å²) in [6.45, 7) is 6.24. The van der Waals surface area contributed by atoms with Crippen molar-refractivity contribution in [1.82, 2.24) is 24.4 Å². The van der Waals surface area contributed by atoms with Crippen LogP contribution in [0, 0.1) is 5.82 Å². The van der Waals surface area contributed by atoms with Gasteiger partial charge in [-0.1, -0.05) is 13.8 Å². The number of halogens is 4. The van der Waals surface area contributed by atoms with Crippen LogP contribution in [-0.4, -0.2) is 68.1 Å². The standard InChI is InChI=1S/C25H27F4N5O2/c1-15(2)19-12-20(17-4-6-18(26)7-5-17)31-34-14-21(30-23(19)34)24(36)32-10-11-33(16(3)13-32)22(35)8-9-25(27,28)29/h4-7,12,14-16H,8-11,13H2,1-3H3. The highest BCUT2D eigenvalue weighted by atomic mass is 19.4. The molecule has 2 aromatic heterocycles. The molecule has 0 radical (unpaired) electrons. The molecule has 1 atom stereocenters. The van der Waals surface area contributed by atoms with Crippen molar-refractivity contribution in [2.24, 2.45) is 0 Å². The van der Waals surface area contributed by atoms with Gasteiger partial charge in [-0.15, -0.1) is 0 Å². The zero-order valence-electron chi connectivity index (χ0n) is 20.2. The van der Waals surface area contributed by atoms with Gasteiger partial charge in [0.2, 0.25) is 5.91 Å². The number of hydrogen-bond acceptors (Lipinski definition) is 4. The van der Waals surface area contributed by atoms with Gasteiger partial charge in [-0.2, -0.15) is 18.3 Å². The van der Waals surface area contributed by atoms with E-state index in [0.29, 0.717) is 11.3 Å².